The number of hydrogen-bond donors (Lipinski definition) is 2. The highest BCUT2D eigenvalue weighted by Crippen LogP contribution is 2.33. The van der Waals surface area contributed by atoms with Crippen LogP contribution in [-0.4, -0.2) is 44.3 Å². The van der Waals surface area contributed by atoms with Crippen LogP contribution in [0.15, 0.2) is 18.5 Å². The van der Waals surface area contributed by atoms with Crippen molar-refractivity contribution in [2.75, 3.05) is 23.9 Å². The first-order valence-corrected chi connectivity index (χ1v) is 9.79. The molecule has 0 aliphatic heterocycles. The number of aryl methyl sites for hydroxylation is 2. The molecule has 0 aliphatic rings. The van der Waals surface area contributed by atoms with Gasteiger partial charge in [-0.25, -0.2) is 4.98 Å². The van der Waals surface area contributed by atoms with Gasteiger partial charge in [0.2, 0.25) is 5.95 Å². The quantitative estimate of drug-likeness (QED) is 0.628. The second-order valence-electron chi connectivity index (χ2n) is 6.36. The van der Waals surface area contributed by atoms with Crippen LogP contribution in [0, 0.1) is 6.92 Å². The van der Waals surface area contributed by atoms with Crippen LogP contribution < -0.4 is 10.2 Å². The Kier molecular flexibility index (Phi) is 5.73. The molecule has 0 amide bonds. The maximum Gasteiger partial charge on any atom is 0.227 e. The van der Waals surface area contributed by atoms with Crippen LogP contribution in [0.25, 0.3) is 11.2 Å². The van der Waals surface area contributed by atoms with Gasteiger partial charge in [0.25, 0.3) is 0 Å². The fraction of sp³-hybridized carbons (Fsp3) is 0.500. The highest BCUT2D eigenvalue weighted by atomic mass is 32.1. The minimum absolute atomic E-state index is 0.0431. The zero-order chi connectivity index (χ0) is 18.7. The topological polar surface area (TPSA) is 79.1 Å². The van der Waals surface area contributed by atoms with E-state index in [0.29, 0.717) is 5.95 Å². The number of aromatic nitrogens is 4. The second kappa shape index (κ2) is 8.01. The number of rotatable bonds is 8. The Morgan fingerprint density at radius 1 is 1.31 bits per heavy atom. The van der Waals surface area contributed by atoms with E-state index >= 15 is 0 Å². The van der Waals surface area contributed by atoms with E-state index in [-0.39, 0.29) is 12.6 Å². The molecule has 0 unspecified atom stereocenters. The summed E-state index contributed by atoms with van der Waals surface area (Å²) in [5.41, 5.74) is 1.60. The molecule has 0 saturated heterocycles. The van der Waals surface area contributed by atoms with Crippen molar-refractivity contribution in [2.24, 2.45) is 0 Å². The first kappa shape index (κ1) is 18.6. The van der Waals surface area contributed by atoms with Gasteiger partial charge in [-0.05, 0) is 31.9 Å². The largest absolute Gasteiger partial charge is 0.394 e. The number of aliphatic hydroxyl groups is 1. The van der Waals surface area contributed by atoms with Gasteiger partial charge in [0.15, 0.2) is 17.0 Å². The third-order valence-corrected chi connectivity index (χ3v) is 5.41. The molecule has 8 heteroatoms. The van der Waals surface area contributed by atoms with Crippen molar-refractivity contribution in [1.82, 2.24) is 19.5 Å². The Morgan fingerprint density at radius 3 is 2.73 bits per heavy atom. The molecule has 7 nitrogen and oxygen atoms in total. The number of thiophene rings is 1. The van der Waals surface area contributed by atoms with E-state index < -0.39 is 0 Å². The minimum atomic E-state index is -0.0721. The van der Waals surface area contributed by atoms with Crippen molar-refractivity contribution in [3.8, 4) is 0 Å². The molecule has 0 aliphatic carbocycles. The van der Waals surface area contributed by atoms with E-state index in [9.17, 15) is 5.11 Å². The minimum Gasteiger partial charge on any atom is -0.394 e. The van der Waals surface area contributed by atoms with Gasteiger partial charge in [-0.1, -0.05) is 13.8 Å². The molecule has 3 rings (SSSR count). The van der Waals surface area contributed by atoms with Gasteiger partial charge in [-0.15, -0.1) is 11.3 Å². The molecule has 0 radical (unpaired) electrons. The lowest BCUT2D eigenvalue weighted by Crippen LogP contribution is -2.24. The van der Waals surface area contributed by atoms with Crippen LogP contribution in [0.3, 0.4) is 0 Å². The summed E-state index contributed by atoms with van der Waals surface area (Å²) >= 11 is 1.72. The summed E-state index contributed by atoms with van der Waals surface area (Å²) in [5, 5.41) is 13.9. The Labute approximate surface area is 157 Å². The average Bonchev–Trinajstić information content (AvgIpc) is 3.25. The normalized spacial score (nSPS) is 12.5. The Hall–Kier alpha value is -2.19. The molecule has 140 valence electrons. The van der Waals surface area contributed by atoms with Gasteiger partial charge in [-0.2, -0.15) is 9.97 Å². The van der Waals surface area contributed by atoms with Crippen LogP contribution in [-0.2, 0) is 6.54 Å². The molecule has 0 fully saturated rings. The Balaban J connectivity index is 2.09. The Morgan fingerprint density at radius 2 is 2.12 bits per heavy atom. The number of imidazole rings is 1. The van der Waals surface area contributed by atoms with E-state index in [0.717, 1.165) is 41.4 Å². The summed E-state index contributed by atoms with van der Waals surface area (Å²) in [6, 6.07) is 4.12. The van der Waals surface area contributed by atoms with Crippen molar-refractivity contribution in [1.29, 1.82) is 0 Å². The SMILES string of the molecule is CCCn1cnc2c(N(C)c3ccc(C)s3)nc(N[C@H](CC)CO)nc21. The van der Waals surface area contributed by atoms with Crippen molar-refractivity contribution >= 4 is 39.3 Å². The lowest BCUT2D eigenvalue weighted by Gasteiger charge is -2.19. The zero-order valence-electron chi connectivity index (χ0n) is 15.7. The maximum absolute atomic E-state index is 9.51. The van der Waals surface area contributed by atoms with E-state index in [1.165, 1.54) is 4.88 Å². The second-order valence-corrected chi connectivity index (χ2v) is 7.62. The number of anilines is 3. The van der Waals surface area contributed by atoms with Crippen LogP contribution in [0.1, 0.15) is 31.6 Å². The molecular weight excluding hydrogens is 348 g/mol. The monoisotopic (exact) mass is 374 g/mol. The molecule has 0 bridgehead atoms. The van der Waals surface area contributed by atoms with Crippen LogP contribution in [0.5, 0.6) is 0 Å². The summed E-state index contributed by atoms with van der Waals surface area (Å²) in [4.78, 5) is 17.3. The molecule has 0 spiro atoms. The van der Waals surface area contributed by atoms with E-state index in [4.69, 9.17) is 4.98 Å². The third kappa shape index (κ3) is 3.66. The van der Waals surface area contributed by atoms with E-state index in [1.807, 2.05) is 20.3 Å². The van der Waals surface area contributed by atoms with Gasteiger partial charge in [-0.3, -0.25) is 0 Å². The van der Waals surface area contributed by atoms with Crippen molar-refractivity contribution in [3.05, 3.63) is 23.3 Å². The molecule has 26 heavy (non-hydrogen) atoms. The number of aliphatic hydroxyl groups excluding tert-OH is 1. The van der Waals surface area contributed by atoms with Crippen molar-refractivity contribution in [2.45, 2.75) is 46.2 Å². The van der Waals surface area contributed by atoms with Gasteiger partial charge >= 0.3 is 0 Å². The summed E-state index contributed by atoms with van der Waals surface area (Å²) < 4.78 is 2.05. The first-order chi connectivity index (χ1) is 12.6. The van der Waals surface area contributed by atoms with Gasteiger partial charge in [0, 0.05) is 18.5 Å². The van der Waals surface area contributed by atoms with Crippen LogP contribution >= 0.6 is 11.3 Å². The molecular formula is C18H26N6OS. The molecule has 1 atom stereocenters. The lowest BCUT2D eigenvalue weighted by molar-refractivity contribution is 0.271. The summed E-state index contributed by atoms with van der Waals surface area (Å²) in [5.74, 6) is 1.29. The highest BCUT2D eigenvalue weighted by molar-refractivity contribution is 7.16. The predicted molar refractivity (Wildman–Crippen MR) is 108 cm³/mol. The van der Waals surface area contributed by atoms with Crippen LogP contribution in [0.4, 0.5) is 16.8 Å². The zero-order valence-corrected chi connectivity index (χ0v) is 16.5. The van der Waals surface area contributed by atoms with Crippen LogP contribution in [0.2, 0.25) is 0 Å². The van der Waals surface area contributed by atoms with E-state index in [2.05, 4.69) is 50.7 Å². The lowest BCUT2D eigenvalue weighted by atomic mass is 10.2. The maximum atomic E-state index is 9.51. The molecule has 0 saturated carbocycles. The summed E-state index contributed by atoms with van der Waals surface area (Å²) in [7, 11) is 2.00. The smallest absolute Gasteiger partial charge is 0.227 e. The number of fused-ring (bicyclic) bond motifs is 1. The molecule has 3 aromatic heterocycles. The van der Waals surface area contributed by atoms with Gasteiger partial charge < -0.3 is 19.9 Å². The summed E-state index contributed by atoms with van der Waals surface area (Å²) in [6.45, 7) is 7.14. The molecule has 0 aromatic carbocycles. The molecule has 3 heterocycles. The van der Waals surface area contributed by atoms with Gasteiger partial charge in [0.1, 0.15) is 0 Å². The predicted octanol–water partition coefficient (Wildman–Crippen LogP) is 3.56. The number of nitrogens with zero attached hydrogens (tertiary/aromatic N) is 5. The third-order valence-electron chi connectivity index (χ3n) is 4.33. The highest BCUT2D eigenvalue weighted by Gasteiger charge is 2.19. The Bertz CT molecular complexity index is 870. The standard InChI is InChI=1S/C18H26N6OS/c1-5-9-24-11-19-15-16(23(4)14-8-7-12(3)26-14)21-18(22-17(15)24)20-13(6-2)10-25/h7-8,11,13,25H,5-6,9-10H2,1-4H3,(H,20,21,22)/t13-/m1/s1. The van der Waals surface area contributed by atoms with Crippen molar-refractivity contribution < 1.29 is 5.11 Å². The number of hydrogen-bond acceptors (Lipinski definition) is 7. The summed E-state index contributed by atoms with van der Waals surface area (Å²) in [6.07, 6.45) is 3.62. The first-order valence-electron chi connectivity index (χ1n) is 8.97. The number of nitrogens with one attached hydrogen (secondary N) is 1. The fourth-order valence-electron chi connectivity index (χ4n) is 2.80. The fourth-order valence-corrected chi connectivity index (χ4v) is 3.62. The van der Waals surface area contributed by atoms with Crippen molar-refractivity contribution in [3.63, 3.8) is 0 Å². The van der Waals surface area contributed by atoms with E-state index in [1.54, 1.807) is 11.3 Å². The molecule has 3 aromatic rings. The molecule has 2 N–H and O–H groups in total. The van der Waals surface area contributed by atoms with Gasteiger partial charge in [0.05, 0.1) is 24.0 Å². The average molecular weight is 375 g/mol.